The second kappa shape index (κ2) is 1.99. The number of hydrogen-bond acceptors (Lipinski definition) is 4. The summed E-state index contributed by atoms with van der Waals surface area (Å²) in [5, 5.41) is 0. The van der Waals surface area contributed by atoms with E-state index in [1.807, 2.05) is 0 Å². The first-order valence-corrected chi connectivity index (χ1v) is 2.59. The molecule has 0 unspecified atom stereocenters. The lowest BCUT2D eigenvalue weighted by molar-refractivity contribution is -0.381. The minimum Gasteiger partial charge on any atom is -0.288 e. The maximum atomic E-state index is 5.31. The molecule has 0 aromatic carbocycles. The molecule has 1 aliphatic rings. The fourth-order valence-electron chi connectivity index (χ4n) is 0.600. The average molecular weight is 118 g/mol. The van der Waals surface area contributed by atoms with Gasteiger partial charge in [-0.1, -0.05) is 0 Å². The topological polar surface area (TPSA) is 70.5 Å². The van der Waals surface area contributed by atoms with Crippen LogP contribution in [-0.2, 0) is 9.78 Å². The van der Waals surface area contributed by atoms with Gasteiger partial charge in [-0.3, -0.25) is 11.5 Å². The van der Waals surface area contributed by atoms with Crippen molar-refractivity contribution in [2.75, 3.05) is 6.61 Å². The molecule has 4 nitrogen and oxygen atoms in total. The molecule has 0 bridgehead atoms. The zero-order valence-electron chi connectivity index (χ0n) is 4.59. The highest BCUT2D eigenvalue weighted by atomic mass is 17.2. The summed E-state index contributed by atoms with van der Waals surface area (Å²) in [7, 11) is 0. The van der Waals surface area contributed by atoms with Crippen molar-refractivity contribution in [1.82, 2.24) is 0 Å². The maximum absolute atomic E-state index is 5.31. The standard InChI is InChI=1S/C4H10N2O2/c5-4(6)2-1-3-7-8-4/h1-3,5-6H2. The zero-order chi connectivity index (χ0) is 6.04. The fraction of sp³-hybridized carbons (Fsp3) is 1.00. The van der Waals surface area contributed by atoms with Crippen LogP contribution < -0.4 is 11.5 Å². The van der Waals surface area contributed by atoms with E-state index >= 15 is 0 Å². The van der Waals surface area contributed by atoms with Crippen LogP contribution in [0.4, 0.5) is 0 Å². The van der Waals surface area contributed by atoms with Gasteiger partial charge in [-0.2, -0.15) is 4.89 Å². The minimum atomic E-state index is -1.04. The molecule has 0 saturated carbocycles. The van der Waals surface area contributed by atoms with E-state index in [0.717, 1.165) is 6.42 Å². The lowest BCUT2D eigenvalue weighted by Crippen LogP contribution is -2.53. The lowest BCUT2D eigenvalue weighted by atomic mass is 10.2. The van der Waals surface area contributed by atoms with Crippen LogP contribution in [0.25, 0.3) is 0 Å². The molecule has 0 aromatic heterocycles. The molecule has 1 saturated heterocycles. The minimum absolute atomic E-state index is 0.593. The molecule has 0 atom stereocenters. The summed E-state index contributed by atoms with van der Waals surface area (Å²) in [6.45, 7) is 0.593. The van der Waals surface area contributed by atoms with Crippen molar-refractivity contribution in [3.63, 3.8) is 0 Å². The summed E-state index contributed by atoms with van der Waals surface area (Å²) >= 11 is 0. The van der Waals surface area contributed by atoms with Crippen LogP contribution in [0.1, 0.15) is 12.8 Å². The van der Waals surface area contributed by atoms with Gasteiger partial charge in [0.25, 0.3) is 0 Å². The largest absolute Gasteiger partial charge is 0.288 e. The van der Waals surface area contributed by atoms with Crippen molar-refractivity contribution < 1.29 is 9.78 Å². The van der Waals surface area contributed by atoms with E-state index < -0.39 is 5.85 Å². The first-order valence-electron chi connectivity index (χ1n) is 2.59. The van der Waals surface area contributed by atoms with Crippen molar-refractivity contribution in [1.29, 1.82) is 0 Å². The summed E-state index contributed by atoms with van der Waals surface area (Å²) in [6, 6.07) is 0. The second-order valence-corrected chi connectivity index (χ2v) is 1.96. The molecule has 4 N–H and O–H groups in total. The summed E-state index contributed by atoms with van der Waals surface area (Å²) in [5.41, 5.74) is 10.6. The zero-order valence-corrected chi connectivity index (χ0v) is 4.59. The highest BCUT2D eigenvalue weighted by Crippen LogP contribution is 2.10. The van der Waals surface area contributed by atoms with E-state index in [1.165, 1.54) is 0 Å². The van der Waals surface area contributed by atoms with Gasteiger partial charge < -0.3 is 0 Å². The molecular formula is C4H10N2O2. The van der Waals surface area contributed by atoms with Crippen molar-refractivity contribution in [2.24, 2.45) is 11.5 Å². The van der Waals surface area contributed by atoms with Crippen molar-refractivity contribution in [3.05, 3.63) is 0 Å². The van der Waals surface area contributed by atoms with E-state index in [9.17, 15) is 0 Å². The van der Waals surface area contributed by atoms with E-state index in [1.54, 1.807) is 0 Å². The molecule has 4 heteroatoms. The summed E-state index contributed by atoms with van der Waals surface area (Å²) in [6.07, 6.45) is 1.53. The second-order valence-electron chi connectivity index (χ2n) is 1.96. The molecule has 48 valence electrons. The Kier molecular flexibility index (Phi) is 1.48. The van der Waals surface area contributed by atoms with Crippen molar-refractivity contribution >= 4 is 0 Å². The van der Waals surface area contributed by atoms with E-state index in [2.05, 4.69) is 9.78 Å². The molecule has 1 aliphatic heterocycles. The Balaban J connectivity index is 2.33. The third kappa shape index (κ3) is 1.41. The monoisotopic (exact) mass is 118 g/mol. The van der Waals surface area contributed by atoms with Crippen molar-refractivity contribution in [3.8, 4) is 0 Å². The summed E-state index contributed by atoms with van der Waals surface area (Å²) < 4.78 is 0. The SMILES string of the molecule is NC1(N)CCCOO1. The van der Waals surface area contributed by atoms with Crippen LogP contribution >= 0.6 is 0 Å². The Bertz CT molecular complexity index is 76.1. The number of rotatable bonds is 0. The molecule has 0 aromatic rings. The van der Waals surface area contributed by atoms with E-state index in [4.69, 9.17) is 11.5 Å². The van der Waals surface area contributed by atoms with Gasteiger partial charge in [0.2, 0.25) is 5.85 Å². The highest BCUT2D eigenvalue weighted by Gasteiger charge is 2.24. The van der Waals surface area contributed by atoms with Gasteiger partial charge in [-0.25, -0.2) is 4.89 Å². The predicted octanol–water partition coefficient (Wildman–Crippen LogP) is -0.700. The van der Waals surface area contributed by atoms with Crippen LogP contribution in [0.5, 0.6) is 0 Å². The maximum Gasteiger partial charge on any atom is 0.203 e. The Hall–Kier alpha value is -0.160. The average Bonchev–Trinajstić information content (AvgIpc) is 1.65. The molecule has 0 spiro atoms. The first kappa shape index (κ1) is 5.97. The Labute approximate surface area is 47.7 Å². The van der Waals surface area contributed by atoms with Gasteiger partial charge in [0, 0.05) is 6.42 Å². The normalized spacial score (nSPS) is 27.8. The number of hydrogen-bond donors (Lipinski definition) is 2. The molecule has 1 heterocycles. The van der Waals surface area contributed by atoms with Gasteiger partial charge in [0.15, 0.2) is 0 Å². The molecule has 0 amide bonds. The Morgan fingerprint density at radius 3 is 2.38 bits per heavy atom. The molecule has 1 rings (SSSR count). The lowest BCUT2D eigenvalue weighted by Gasteiger charge is -2.26. The summed E-state index contributed by atoms with van der Waals surface area (Å²) in [4.78, 5) is 9.06. The van der Waals surface area contributed by atoms with Gasteiger partial charge >= 0.3 is 0 Å². The third-order valence-corrected chi connectivity index (χ3v) is 1.01. The number of nitrogens with two attached hydrogens (primary N) is 2. The Morgan fingerprint density at radius 2 is 2.12 bits per heavy atom. The third-order valence-electron chi connectivity index (χ3n) is 1.01. The van der Waals surface area contributed by atoms with Crippen molar-refractivity contribution in [2.45, 2.75) is 18.7 Å². The van der Waals surface area contributed by atoms with Crippen LogP contribution in [0, 0.1) is 0 Å². The Morgan fingerprint density at radius 1 is 1.38 bits per heavy atom. The van der Waals surface area contributed by atoms with Gasteiger partial charge in [-0.15, -0.1) is 0 Å². The first-order chi connectivity index (χ1) is 3.71. The van der Waals surface area contributed by atoms with Crippen LogP contribution in [-0.4, -0.2) is 12.5 Å². The van der Waals surface area contributed by atoms with Gasteiger partial charge in [-0.05, 0) is 6.42 Å². The van der Waals surface area contributed by atoms with E-state index in [-0.39, 0.29) is 0 Å². The quantitative estimate of drug-likeness (QED) is 0.326. The molecule has 8 heavy (non-hydrogen) atoms. The van der Waals surface area contributed by atoms with Gasteiger partial charge in [0.05, 0.1) is 6.61 Å². The van der Waals surface area contributed by atoms with Crippen LogP contribution in [0.2, 0.25) is 0 Å². The summed E-state index contributed by atoms with van der Waals surface area (Å²) in [5.74, 6) is -1.04. The molecule has 0 radical (unpaired) electrons. The molecule has 1 fully saturated rings. The predicted molar refractivity (Wildman–Crippen MR) is 27.4 cm³/mol. The molecular weight excluding hydrogens is 108 g/mol. The fourth-order valence-corrected chi connectivity index (χ4v) is 0.600. The van der Waals surface area contributed by atoms with Crippen LogP contribution in [0.3, 0.4) is 0 Å². The van der Waals surface area contributed by atoms with Gasteiger partial charge in [0.1, 0.15) is 0 Å². The van der Waals surface area contributed by atoms with E-state index in [0.29, 0.717) is 13.0 Å². The highest BCUT2D eigenvalue weighted by molar-refractivity contribution is 4.63. The van der Waals surface area contributed by atoms with Crippen LogP contribution in [0.15, 0.2) is 0 Å². The smallest absolute Gasteiger partial charge is 0.203 e. The molecule has 0 aliphatic carbocycles.